The summed E-state index contributed by atoms with van der Waals surface area (Å²) >= 11 is 6.18. The third-order valence-electron chi connectivity index (χ3n) is 2.78. The molecular weight excluding hydrogens is 274 g/mol. The Hall–Kier alpha value is -1.65. The zero-order valence-corrected chi connectivity index (χ0v) is 12.4. The lowest BCUT2D eigenvalue weighted by atomic mass is 10.1. The van der Waals surface area contributed by atoms with E-state index in [-0.39, 0.29) is 0 Å². The van der Waals surface area contributed by atoms with Gasteiger partial charge >= 0.3 is 0 Å². The Kier molecular flexibility index (Phi) is 5.32. The van der Waals surface area contributed by atoms with Gasteiger partial charge in [-0.15, -0.1) is 0 Å². The van der Waals surface area contributed by atoms with Gasteiger partial charge in [0, 0.05) is 31.2 Å². The van der Waals surface area contributed by atoms with Crippen LogP contribution in [0.4, 0.5) is 5.82 Å². The summed E-state index contributed by atoms with van der Waals surface area (Å²) in [6.07, 6.45) is 0.607. The zero-order chi connectivity index (χ0) is 14.4. The molecule has 0 aliphatic heterocycles. The van der Waals surface area contributed by atoms with Gasteiger partial charge in [0.05, 0.1) is 12.3 Å². The van der Waals surface area contributed by atoms with Crippen LogP contribution in [0.15, 0.2) is 30.3 Å². The van der Waals surface area contributed by atoms with Crippen molar-refractivity contribution in [3.05, 3.63) is 52.4 Å². The van der Waals surface area contributed by atoms with Crippen molar-refractivity contribution in [1.82, 2.24) is 9.97 Å². The molecule has 2 aromatic rings. The molecule has 0 saturated heterocycles. The first-order valence-electron chi connectivity index (χ1n) is 6.56. The second kappa shape index (κ2) is 7.22. The van der Waals surface area contributed by atoms with Crippen LogP contribution >= 0.6 is 11.6 Å². The van der Waals surface area contributed by atoms with Crippen LogP contribution < -0.4 is 5.32 Å². The first-order valence-corrected chi connectivity index (χ1v) is 6.93. The maximum Gasteiger partial charge on any atom is 0.135 e. The molecule has 0 atom stereocenters. The van der Waals surface area contributed by atoms with Crippen LogP contribution in [0.25, 0.3) is 0 Å². The summed E-state index contributed by atoms with van der Waals surface area (Å²) in [7, 11) is 1.66. The molecule has 0 bridgehead atoms. The molecule has 0 unspecified atom stereocenters. The Balaban J connectivity index is 2.28. The van der Waals surface area contributed by atoms with Crippen LogP contribution in [-0.4, -0.2) is 23.6 Å². The minimum atomic E-state index is 0.469. The summed E-state index contributed by atoms with van der Waals surface area (Å²) in [4.78, 5) is 9.01. The van der Waals surface area contributed by atoms with E-state index in [0.717, 1.165) is 34.5 Å². The molecule has 0 fully saturated rings. The van der Waals surface area contributed by atoms with Crippen molar-refractivity contribution in [3.8, 4) is 0 Å². The molecule has 0 aliphatic rings. The Labute approximate surface area is 124 Å². The third-order valence-corrected chi connectivity index (χ3v) is 3.15. The summed E-state index contributed by atoms with van der Waals surface area (Å²) in [5.41, 5.74) is 1.88. The fourth-order valence-electron chi connectivity index (χ4n) is 1.94. The molecule has 20 heavy (non-hydrogen) atoms. The lowest BCUT2D eigenvalue weighted by Crippen LogP contribution is -2.07. The number of aromatic nitrogens is 2. The lowest BCUT2D eigenvalue weighted by Gasteiger charge is -2.09. The fourth-order valence-corrected chi connectivity index (χ4v) is 2.14. The number of hydrogen-bond donors (Lipinski definition) is 1. The summed E-state index contributed by atoms with van der Waals surface area (Å²) in [6, 6.07) is 9.65. The molecule has 1 aromatic heterocycles. The minimum Gasteiger partial charge on any atom is -0.378 e. The molecule has 2 rings (SSSR count). The van der Waals surface area contributed by atoms with Crippen molar-refractivity contribution in [2.45, 2.75) is 20.0 Å². The largest absolute Gasteiger partial charge is 0.378 e. The number of benzene rings is 1. The monoisotopic (exact) mass is 291 g/mol. The quantitative estimate of drug-likeness (QED) is 0.887. The van der Waals surface area contributed by atoms with Crippen molar-refractivity contribution in [3.63, 3.8) is 0 Å². The number of anilines is 1. The normalized spacial score (nSPS) is 10.6. The number of nitrogens with zero attached hydrogens (tertiary/aromatic N) is 2. The maximum atomic E-state index is 6.18. The topological polar surface area (TPSA) is 47.0 Å². The van der Waals surface area contributed by atoms with Crippen LogP contribution in [0.5, 0.6) is 0 Å². The number of methoxy groups -OCH3 is 1. The second-order valence-electron chi connectivity index (χ2n) is 4.39. The van der Waals surface area contributed by atoms with E-state index in [2.05, 4.69) is 15.3 Å². The summed E-state index contributed by atoms with van der Waals surface area (Å²) in [5, 5.41) is 3.94. The molecule has 0 radical (unpaired) electrons. The van der Waals surface area contributed by atoms with E-state index in [0.29, 0.717) is 13.0 Å². The van der Waals surface area contributed by atoms with Crippen molar-refractivity contribution in [2.75, 3.05) is 19.0 Å². The van der Waals surface area contributed by atoms with Crippen LogP contribution in [0, 0.1) is 0 Å². The molecule has 0 saturated carbocycles. The van der Waals surface area contributed by atoms with Gasteiger partial charge < -0.3 is 10.1 Å². The number of nitrogens with one attached hydrogen (secondary N) is 1. The molecule has 0 amide bonds. The number of rotatable bonds is 6. The van der Waals surface area contributed by atoms with E-state index in [1.165, 1.54) is 0 Å². The van der Waals surface area contributed by atoms with Gasteiger partial charge in [0.1, 0.15) is 11.6 Å². The molecule has 0 aliphatic carbocycles. The highest BCUT2D eigenvalue weighted by atomic mass is 35.5. The van der Waals surface area contributed by atoms with E-state index >= 15 is 0 Å². The predicted molar refractivity (Wildman–Crippen MR) is 81.2 cm³/mol. The lowest BCUT2D eigenvalue weighted by molar-refractivity contribution is 0.181. The average Bonchev–Trinajstić information content (AvgIpc) is 2.42. The van der Waals surface area contributed by atoms with Crippen LogP contribution in [0.1, 0.15) is 24.0 Å². The van der Waals surface area contributed by atoms with Gasteiger partial charge in [-0.1, -0.05) is 29.8 Å². The van der Waals surface area contributed by atoms with E-state index in [1.807, 2.05) is 37.3 Å². The van der Waals surface area contributed by atoms with Crippen molar-refractivity contribution in [1.29, 1.82) is 0 Å². The molecule has 1 N–H and O–H groups in total. The Morgan fingerprint density at radius 1 is 1.25 bits per heavy atom. The zero-order valence-electron chi connectivity index (χ0n) is 11.7. The number of ether oxygens (including phenoxy) is 1. The van der Waals surface area contributed by atoms with Crippen LogP contribution in [-0.2, 0) is 17.8 Å². The summed E-state index contributed by atoms with van der Waals surface area (Å²) < 4.78 is 5.15. The first-order chi connectivity index (χ1) is 9.72. The molecule has 5 heteroatoms. The van der Waals surface area contributed by atoms with Crippen molar-refractivity contribution in [2.24, 2.45) is 0 Å². The second-order valence-corrected chi connectivity index (χ2v) is 4.80. The van der Waals surface area contributed by atoms with Crippen molar-refractivity contribution >= 4 is 17.4 Å². The standard InChI is InChI=1S/C15H18ClN3O/c1-3-17-14-9-12(10-20-2)18-15(19-14)8-11-6-4-5-7-13(11)16/h4-7,9H,3,8,10H2,1-2H3,(H,17,18,19). The SMILES string of the molecule is CCNc1cc(COC)nc(Cc2ccccc2Cl)n1. The smallest absolute Gasteiger partial charge is 0.135 e. The Bertz CT molecular complexity index is 551. The van der Waals surface area contributed by atoms with E-state index in [1.54, 1.807) is 7.11 Å². The van der Waals surface area contributed by atoms with Gasteiger partial charge in [-0.25, -0.2) is 9.97 Å². The highest BCUT2D eigenvalue weighted by Gasteiger charge is 2.07. The van der Waals surface area contributed by atoms with Gasteiger partial charge in [-0.2, -0.15) is 0 Å². The maximum absolute atomic E-state index is 6.18. The first kappa shape index (κ1) is 14.8. The number of halogens is 1. The average molecular weight is 292 g/mol. The van der Waals surface area contributed by atoms with Crippen LogP contribution in [0.3, 0.4) is 0 Å². The van der Waals surface area contributed by atoms with Crippen LogP contribution in [0.2, 0.25) is 5.02 Å². The van der Waals surface area contributed by atoms with E-state index in [4.69, 9.17) is 16.3 Å². The Morgan fingerprint density at radius 2 is 2.05 bits per heavy atom. The molecule has 1 aromatic carbocycles. The Morgan fingerprint density at radius 3 is 2.75 bits per heavy atom. The van der Waals surface area contributed by atoms with Gasteiger partial charge in [0.25, 0.3) is 0 Å². The van der Waals surface area contributed by atoms with E-state index < -0.39 is 0 Å². The molecule has 106 valence electrons. The molecule has 0 spiro atoms. The third kappa shape index (κ3) is 3.92. The van der Waals surface area contributed by atoms with E-state index in [9.17, 15) is 0 Å². The van der Waals surface area contributed by atoms with Gasteiger partial charge in [0.15, 0.2) is 0 Å². The molecular formula is C15H18ClN3O. The number of hydrogen-bond acceptors (Lipinski definition) is 4. The highest BCUT2D eigenvalue weighted by molar-refractivity contribution is 6.31. The fraction of sp³-hybridized carbons (Fsp3) is 0.333. The highest BCUT2D eigenvalue weighted by Crippen LogP contribution is 2.18. The van der Waals surface area contributed by atoms with Gasteiger partial charge in [-0.3, -0.25) is 0 Å². The van der Waals surface area contributed by atoms with Crippen molar-refractivity contribution < 1.29 is 4.74 Å². The predicted octanol–water partition coefficient (Wildman–Crippen LogP) is 3.30. The molecule has 4 nitrogen and oxygen atoms in total. The summed E-state index contributed by atoms with van der Waals surface area (Å²) in [5.74, 6) is 1.56. The van der Waals surface area contributed by atoms with Gasteiger partial charge in [0.2, 0.25) is 0 Å². The molecule has 1 heterocycles. The summed E-state index contributed by atoms with van der Waals surface area (Å²) in [6.45, 7) is 3.32. The minimum absolute atomic E-state index is 0.469. The van der Waals surface area contributed by atoms with Gasteiger partial charge in [-0.05, 0) is 18.6 Å².